The van der Waals surface area contributed by atoms with Crippen molar-refractivity contribution in [1.29, 1.82) is 0 Å². The van der Waals surface area contributed by atoms with Gasteiger partial charge in [0.2, 0.25) is 11.8 Å². The summed E-state index contributed by atoms with van der Waals surface area (Å²) in [5.74, 6) is -0.195. The highest BCUT2D eigenvalue weighted by Gasteiger charge is 2.40. The molecular weight excluding hydrogens is 343 g/mol. The average Bonchev–Trinajstić information content (AvgIpc) is 2.58. The summed E-state index contributed by atoms with van der Waals surface area (Å²) >= 11 is 0. The number of carbonyl (C=O) groups is 2. The fourth-order valence-electron chi connectivity index (χ4n) is 3.89. The molecule has 1 aromatic carbocycles. The molecule has 0 bridgehead atoms. The van der Waals surface area contributed by atoms with Crippen LogP contribution in [0.2, 0.25) is 0 Å². The molecule has 1 unspecified atom stereocenters. The molecule has 0 radical (unpaired) electrons. The second kappa shape index (κ2) is 8.41. The van der Waals surface area contributed by atoms with Crippen LogP contribution in [0.4, 0.5) is 4.39 Å². The number of amides is 2. The summed E-state index contributed by atoms with van der Waals surface area (Å²) in [6, 6.07) is 6.19. The first-order valence-corrected chi connectivity index (χ1v) is 9.87. The van der Waals surface area contributed by atoms with E-state index in [0.29, 0.717) is 13.1 Å². The van der Waals surface area contributed by atoms with E-state index in [1.165, 1.54) is 12.1 Å². The van der Waals surface area contributed by atoms with Crippen molar-refractivity contribution < 1.29 is 14.0 Å². The van der Waals surface area contributed by atoms with Crippen LogP contribution in [0.15, 0.2) is 24.3 Å². The number of carbonyl (C=O) groups excluding carboxylic acids is 2. The molecule has 27 heavy (non-hydrogen) atoms. The van der Waals surface area contributed by atoms with Gasteiger partial charge in [-0.3, -0.25) is 9.59 Å². The maximum absolute atomic E-state index is 13.3. The van der Waals surface area contributed by atoms with Gasteiger partial charge in [0.25, 0.3) is 0 Å². The van der Waals surface area contributed by atoms with E-state index in [9.17, 15) is 14.0 Å². The number of piperidine rings is 1. The minimum Gasteiger partial charge on any atom is -0.344 e. The number of nitrogens with zero attached hydrogens (tertiary/aromatic N) is 1. The van der Waals surface area contributed by atoms with Gasteiger partial charge in [-0.2, -0.15) is 0 Å². The van der Waals surface area contributed by atoms with Crippen molar-refractivity contribution in [3.8, 4) is 0 Å². The van der Waals surface area contributed by atoms with Crippen LogP contribution >= 0.6 is 0 Å². The van der Waals surface area contributed by atoms with Gasteiger partial charge in [-0.15, -0.1) is 0 Å². The van der Waals surface area contributed by atoms with Crippen molar-refractivity contribution >= 4 is 11.8 Å². The van der Waals surface area contributed by atoms with Crippen molar-refractivity contribution in [3.63, 3.8) is 0 Å². The third kappa shape index (κ3) is 5.08. The molecule has 1 fully saturated rings. The molecule has 2 rings (SSSR count). The van der Waals surface area contributed by atoms with Gasteiger partial charge in [0.15, 0.2) is 0 Å². The quantitative estimate of drug-likeness (QED) is 0.845. The Hall–Kier alpha value is -1.91. The Morgan fingerprint density at radius 1 is 1.15 bits per heavy atom. The topological polar surface area (TPSA) is 49.4 Å². The normalized spacial score (nSPS) is 20.6. The Bertz CT molecular complexity index is 667. The molecule has 2 amide bonds. The number of rotatable bonds is 5. The summed E-state index contributed by atoms with van der Waals surface area (Å²) < 4.78 is 13.3. The first-order chi connectivity index (χ1) is 12.5. The van der Waals surface area contributed by atoms with E-state index in [0.717, 1.165) is 12.0 Å². The van der Waals surface area contributed by atoms with Gasteiger partial charge in [0, 0.05) is 19.0 Å². The highest BCUT2D eigenvalue weighted by atomic mass is 19.1. The Balaban J connectivity index is 2.13. The van der Waals surface area contributed by atoms with Crippen LogP contribution in [0.25, 0.3) is 0 Å². The molecule has 1 saturated heterocycles. The van der Waals surface area contributed by atoms with Crippen LogP contribution in [0.5, 0.6) is 0 Å². The van der Waals surface area contributed by atoms with Crippen LogP contribution in [0.3, 0.4) is 0 Å². The second-order valence-electron chi connectivity index (χ2n) is 9.03. The van der Waals surface area contributed by atoms with Crippen LogP contribution in [0, 0.1) is 23.1 Å². The van der Waals surface area contributed by atoms with E-state index < -0.39 is 6.04 Å². The number of hydrogen-bond donors (Lipinski definition) is 1. The van der Waals surface area contributed by atoms with Gasteiger partial charge < -0.3 is 10.2 Å². The average molecular weight is 377 g/mol. The fourth-order valence-corrected chi connectivity index (χ4v) is 3.89. The molecule has 1 N–H and O–H groups in total. The van der Waals surface area contributed by atoms with E-state index >= 15 is 0 Å². The third-order valence-electron chi connectivity index (χ3n) is 5.57. The van der Waals surface area contributed by atoms with Gasteiger partial charge >= 0.3 is 0 Å². The summed E-state index contributed by atoms with van der Waals surface area (Å²) in [5.41, 5.74) is 0.983. The van der Waals surface area contributed by atoms with Gasteiger partial charge in [-0.25, -0.2) is 4.39 Å². The molecule has 0 aromatic heterocycles. The maximum atomic E-state index is 13.3. The van der Waals surface area contributed by atoms with Crippen LogP contribution in [-0.4, -0.2) is 35.8 Å². The first kappa shape index (κ1) is 21.4. The van der Waals surface area contributed by atoms with Crippen molar-refractivity contribution in [1.82, 2.24) is 10.2 Å². The molecule has 2 atom stereocenters. The van der Waals surface area contributed by atoms with Crippen molar-refractivity contribution in [2.45, 2.75) is 59.9 Å². The molecule has 4 nitrogen and oxygen atoms in total. The highest BCUT2D eigenvalue weighted by Crippen LogP contribution is 2.42. The van der Waals surface area contributed by atoms with Crippen LogP contribution in [0.1, 0.15) is 59.4 Å². The number of hydrogen-bond acceptors (Lipinski definition) is 2. The van der Waals surface area contributed by atoms with Crippen LogP contribution < -0.4 is 5.32 Å². The summed E-state index contributed by atoms with van der Waals surface area (Å²) in [5, 5.41) is 2.92. The Labute approximate surface area is 162 Å². The van der Waals surface area contributed by atoms with Crippen molar-refractivity contribution in [2.24, 2.45) is 17.3 Å². The van der Waals surface area contributed by atoms with Crippen molar-refractivity contribution in [3.05, 3.63) is 35.6 Å². The van der Waals surface area contributed by atoms with Gasteiger partial charge in [0.05, 0.1) is 0 Å². The van der Waals surface area contributed by atoms with Crippen molar-refractivity contribution in [2.75, 3.05) is 13.1 Å². The Morgan fingerprint density at radius 3 is 2.22 bits per heavy atom. The van der Waals surface area contributed by atoms with E-state index in [4.69, 9.17) is 0 Å². The standard InChI is InChI=1S/C22H33FN2O2/c1-14(2)19(24-20(26)15(3)4)21(27)25-12-11-18(22(5,6)13-25)16-7-9-17(23)10-8-16/h7-10,14-15,18-19H,11-13H2,1-6H3,(H,24,26)/t18?,19-/m1/s1. The zero-order valence-electron chi connectivity index (χ0n) is 17.4. The molecule has 5 heteroatoms. The molecule has 1 heterocycles. The molecule has 1 aliphatic heterocycles. The number of halogens is 1. The van der Waals surface area contributed by atoms with Gasteiger partial charge in [0.1, 0.15) is 11.9 Å². The Morgan fingerprint density at radius 2 is 1.74 bits per heavy atom. The molecule has 0 aliphatic carbocycles. The maximum Gasteiger partial charge on any atom is 0.245 e. The second-order valence-corrected chi connectivity index (χ2v) is 9.03. The lowest BCUT2D eigenvalue weighted by atomic mass is 9.70. The minimum atomic E-state index is -0.502. The first-order valence-electron chi connectivity index (χ1n) is 9.87. The SMILES string of the molecule is CC(C)C(=O)N[C@@H](C(=O)N1CCC(c2ccc(F)cc2)C(C)(C)C1)C(C)C. The third-order valence-corrected chi connectivity index (χ3v) is 5.57. The predicted molar refractivity (Wildman–Crippen MR) is 106 cm³/mol. The summed E-state index contributed by atoms with van der Waals surface area (Å²) in [4.78, 5) is 27.1. The largest absolute Gasteiger partial charge is 0.344 e. The highest BCUT2D eigenvalue weighted by molar-refractivity contribution is 5.88. The minimum absolute atomic E-state index is 0.00960. The van der Waals surface area contributed by atoms with E-state index in [1.807, 2.05) is 44.7 Å². The van der Waals surface area contributed by atoms with E-state index in [-0.39, 0.29) is 40.8 Å². The molecular formula is C22H33FN2O2. The monoisotopic (exact) mass is 376 g/mol. The number of benzene rings is 1. The summed E-state index contributed by atoms with van der Waals surface area (Å²) in [6.45, 7) is 13.1. The molecule has 0 saturated carbocycles. The molecule has 0 spiro atoms. The predicted octanol–water partition coefficient (Wildman–Crippen LogP) is 3.96. The molecule has 150 valence electrons. The summed E-state index contributed by atoms with van der Waals surface area (Å²) in [6.07, 6.45) is 0.827. The number of likely N-dealkylation sites (tertiary alicyclic amines) is 1. The molecule has 1 aromatic rings. The smallest absolute Gasteiger partial charge is 0.245 e. The lowest BCUT2D eigenvalue weighted by Gasteiger charge is -2.45. The van der Waals surface area contributed by atoms with Gasteiger partial charge in [-0.1, -0.05) is 53.7 Å². The van der Waals surface area contributed by atoms with E-state index in [1.54, 1.807) is 0 Å². The lowest BCUT2D eigenvalue weighted by Crippen LogP contribution is -2.56. The molecule has 1 aliphatic rings. The number of nitrogens with one attached hydrogen (secondary N) is 1. The zero-order valence-corrected chi connectivity index (χ0v) is 17.4. The zero-order chi connectivity index (χ0) is 20.4. The van der Waals surface area contributed by atoms with Crippen LogP contribution in [-0.2, 0) is 9.59 Å². The summed E-state index contributed by atoms with van der Waals surface area (Å²) in [7, 11) is 0. The fraction of sp³-hybridized carbons (Fsp3) is 0.636. The Kier molecular flexibility index (Phi) is 6.66. The van der Waals surface area contributed by atoms with Gasteiger partial charge in [-0.05, 0) is 41.4 Å². The van der Waals surface area contributed by atoms with E-state index in [2.05, 4.69) is 19.2 Å². The lowest BCUT2D eigenvalue weighted by molar-refractivity contribution is -0.141.